The van der Waals surface area contributed by atoms with Crippen LogP contribution in [0.4, 0.5) is 10.5 Å². The first-order valence-electron chi connectivity index (χ1n) is 10.6. The molecule has 2 aromatic rings. The van der Waals surface area contributed by atoms with Gasteiger partial charge in [0.15, 0.2) is 0 Å². The fourth-order valence-corrected chi connectivity index (χ4v) is 4.91. The van der Waals surface area contributed by atoms with Crippen LogP contribution >= 0.6 is 11.6 Å². The number of piperidine rings is 1. The normalized spacial score (nSPS) is 22.0. The van der Waals surface area contributed by atoms with Crippen LogP contribution in [0.3, 0.4) is 0 Å². The fraction of sp³-hybridized carbons (Fsp3) is 0.565. The minimum atomic E-state index is -0.475. The van der Waals surface area contributed by atoms with Crippen molar-refractivity contribution in [3.63, 3.8) is 0 Å². The van der Waals surface area contributed by atoms with Crippen LogP contribution in [0.5, 0.6) is 5.75 Å². The van der Waals surface area contributed by atoms with Gasteiger partial charge in [0.05, 0.1) is 12.6 Å². The average molecular weight is 432 g/mol. The van der Waals surface area contributed by atoms with E-state index < -0.39 is 5.60 Å². The third-order valence-corrected chi connectivity index (χ3v) is 6.25. The highest BCUT2D eigenvalue weighted by Crippen LogP contribution is 2.43. The molecule has 0 radical (unpaired) electrons. The van der Waals surface area contributed by atoms with Crippen LogP contribution in [-0.2, 0) is 4.74 Å². The van der Waals surface area contributed by atoms with Crippen LogP contribution in [0.2, 0.25) is 5.15 Å². The molecule has 1 aromatic heterocycles. The zero-order valence-electron chi connectivity index (χ0n) is 18.2. The Morgan fingerprint density at radius 1 is 1.17 bits per heavy atom. The van der Waals surface area contributed by atoms with Crippen molar-refractivity contribution in [3.8, 4) is 5.75 Å². The third-order valence-electron chi connectivity index (χ3n) is 6.06. The van der Waals surface area contributed by atoms with Crippen LogP contribution in [0, 0.1) is 5.41 Å². The predicted molar refractivity (Wildman–Crippen MR) is 120 cm³/mol. The minimum Gasteiger partial charge on any atom is -0.497 e. The number of nitrogens with zero attached hydrogens (tertiary/aromatic N) is 3. The molecule has 0 saturated carbocycles. The number of fused-ring (bicyclic) bond motifs is 1. The van der Waals surface area contributed by atoms with E-state index in [0.717, 1.165) is 67.8 Å². The Hall–Kier alpha value is -2.21. The summed E-state index contributed by atoms with van der Waals surface area (Å²) in [6.45, 7) is 9.07. The van der Waals surface area contributed by atoms with Crippen molar-refractivity contribution in [2.45, 2.75) is 45.6 Å². The summed E-state index contributed by atoms with van der Waals surface area (Å²) >= 11 is 6.35. The van der Waals surface area contributed by atoms with Gasteiger partial charge in [-0.3, -0.25) is 0 Å². The van der Waals surface area contributed by atoms with Gasteiger partial charge in [0.1, 0.15) is 16.5 Å². The lowest BCUT2D eigenvalue weighted by Gasteiger charge is -2.40. The number of anilines is 1. The van der Waals surface area contributed by atoms with Gasteiger partial charge in [0.25, 0.3) is 0 Å². The van der Waals surface area contributed by atoms with E-state index in [1.54, 1.807) is 7.11 Å². The highest BCUT2D eigenvalue weighted by molar-refractivity contribution is 6.30. The van der Waals surface area contributed by atoms with E-state index in [1.807, 2.05) is 49.9 Å². The number of methoxy groups -OCH3 is 1. The molecule has 1 aromatic carbocycles. The number of likely N-dealkylation sites (tertiary alicyclic amines) is 1. The zero-order chi connectivity index (χ0) is 21.5. The predicted octanol–water partition coefficient (Wildman–Crippen LogP) is 5.12. The summed E-state index contributed by atoms with van der Waals surface area (Å²) in [6.07, 6.45) is 2.96. The molecule has 0 N–H and O–H groups in total. The topological polar surface area (TPSA) is 54.9 Å². The largest absolute Gasteiger partial charge is 0.497 e. The molecule has 3 heterocycles. The second-order valence-electron chi connectivity index (χ2n) is 9.52. The maximum Gasteiger partial charge on any atom is 0.410 e. The SMILES string of the molecule is COc1ccc2c(N3CCC4(CCCN(C(=O)OC(C)(C)C)C4)C3)cc(Cl)nc2c1. The molecule has 0 bridgehead atoms. The van der Waals surface area contributed by atoms with E-state index in [2.05, 4.69) is 9.88 Å². The number of amides is 1. The monoisotopic (exact) mass is 431 g/mol. The molecule has 162 valence electrons. The van der Waals surface area contributed by atoms with Crippen molar-refractivity contribution in [2.75, 3.05) is 38.2 Å². The molecule has 30 heavy (non-hydrogen) atoms. The third kappa shape index (κ3) is 4.29. The fourth-order valence-electron chi connectivity index (χ4n) is 4.71. The van der Waals surface area contributed by atoms with Gasteiger partial charge >= 0.3 is 6.09 Å². The quantitative estimate of drug-likeness (QED) is 0.617. The molecule has 2 fully saturated rings. The Balaban J connectivity index is 1.56. The molecular weight excluding hydrogens is 402 g/mol. The van der Waals surface area contributed by atoms with E-state index in [4.69, 9.17) is 21.1 Å². The summed E-state index contributed by atoms with van der Waals surface area (Å²) in [4.78, 5) is 21.4. The lowest BCUT2D eigenvalue weighted by Crippen LogP contribution is -2.48. The molecule has 1 amide bonds. The molecule has 1 unspecified atom stereocenters. The molecule has 7 heteroatoms. The molecule has 1 spiro atoms. The van der Waals surface area contributed by atoms with E-state index >= 15 is 0 Å². The van der Waals surface area contributed by atoms with Crippen molar-refractivity contribution in [2.24, 2.45) is 5.41 Å². The first-order chi connectivity index (χ1) is 14.2. The number of carbonyl (C=O) groups excluding carboxylic acids is 1. The summed E-state index contributed by atoms with van der Waals surface area (Å²) in [5.41, 5.74) is 1.54. The smallest absolute Gasteiger partial charge is 0.410 e. The highest BCUT2D eigenvalue weighted by atomic mass is 35.5. The van der Waals surface area contributed by atoms with Gasteiger partial charge in [-0.15, -0.1) is 0 Å². The Morgan fingerprint density at radius 2 is 1.97 bits per heavy atom. The van der Waals surface area contributed by atoms with E-state index in [-0.39, 0.29) is 11.5 Å². The van der Waals surface area contributed by atoms with Gasteiger partial charge < -0.3 is 19.3 Å². The summed E-state index contributed by atoms with van der Waals surface area (Å²) in [7, 11) is 1.65. The molecule has 2 aliphatic rings. The average Bonchev–Trinajstić information content (AvgIpc) is 3.08. The summed E-state index contributed by atoms with van der Waals surface area (Å²) in [5, 5.41) is 1.54. The first kappa shape index (κ1) is 21.0. The van der Waals surface area contributed by atoms with Gasteiger partial charge in [0, 0.05) is 48.7 Å². The van der Waals surface area contributed by atoms with Crippen molar-refractivity contribution in [3.05, 3.63) is 29.4 Å². The lowest BCUT2D eigenvalue weighted by molar-refractivity contribution is 0.00714. The number of carbonyl (C=O) groups is 1. The Morgan fingerprint density at radius 3 is 2.70 bits per heavy atom. The Labute approximate surface area is 183 Å². The summed E-state index contributed by atoms with van der Waals surface area (Å²) in [5.74, 6) is 0.765. The first-order valence-corrected chi connectivity index (χ1v) is 10.9. The lowest BCUT2D eigenvalue weighted by atomic mass is 9.79. The Kier molecular flexibility index (Phi) is 5.47. The number of hydrogen-bond acceptors (Lipinski definition) is 5. The van der Waals surface area contributed by atoms with Crippen LogP contribution in [0.1, 0.15) is 40.0 Å². The molecule has 2 saturated heterocycles. The number of ether oxygens (including phenoxy) is 2. The molecule has 6 nitrogen and oxygen atoms in total. The standard InChI is InChI=1S/C23H30ClN3O3/c1-22(2,3)30-21(28)27-10-5-8-23(15-27)9-11-26(14-23)19-13-20(24)25-18-12-16(29-4)6-7-17(18)19/h6-7,12-13H,5,8-11,14-15H2,1-4H3. The Bertz CT molecular complexity index is 959. The minimum absolute atomic E-state index is 0.0870. The summed E-state index contributed by atoms with van der Waals surface area (Å²) in [6, 6.07) is 7.87. The van der Waals surface area contributed by atoms with Crippen molar-refractivity contribution < 1.29 is 14.3 Å². The van der Waals surface area contributed by atoms with E-state index in [9.17, 15) is 4.79 Å². The number of benzene rings is 1. The zero-order valence-corrected chi connectivity index (χ0v) is 19.0. The van der Waals surface area contributed by atoms with Gasteiger partial charge in [0.2, 0.25) is 0 Å². The van der Waals surface area contributed by atoms with Crippen LogP contribution < -0.4 is 9.64 Å². The van der Waals surface area contributed by atoms with Crippen molar-refractivity contribution in [1.29, 1.82) is 0 Å². The van der Waals surface area contributed by atoms with Crippen molar-refractivity contribution >= 4 is 34.3 Å². The molecule has 0 aliphatic carbocycles. The van der Waals surface area contributed by atoms with Gasteiger partial charge in [-0.1, -0.05) is 11.6 Å². The molecular formula is C23H30ClN3O3. The van der Waals surface area contributed by atoms with Crippen molar-refractivity contribution in [1.82, 2.24) is 9.88 Å². The molecule has 2 aliphatic heterocycles. The second kappa shape index (κ2) is 7.80. The number of aromatic nitrogens is 1. The van der Waals surface area contributed by atoms with Gasteiger partial charge in [-0.2, -0.15) is 0 Å². The molecule has 1 atom stereocenters. The van der Waals surface area contributed by atoms with Crippen LogP contribution in [0.15, 0.2) is 24.3 Å². The van der Waals surface area contributed by atoms with Gasteiger partial charge in [-0.05, 0) is 58.2 Å². The number of halogens is 1. The maximum absolute atomic E-state index is 12.6. The number of pyridine rings is 1. The van der Waals surface area contributed by atoms with E-state index in [0.29, 0.717) is 5.15 Å². The number of hydrogen-bond donors (Lipinski definition) is 0. The second-order valence-corrected chi connectivity index (χ2v) is 9.91. The molecule has 4 rings (SSSR count). The van der Waals surface area contributed by atoms with Crippen LogP contribution in [-0.4, -0.2) is 54.9 Å². The van der Waals surface area contributed by atoms with E-state index in [1.165, 1.54) is 0 Å². The summed E-state index contributed by atoms with van der Waals surface area (Å²) < 4.78 is 11.0. The highest BCUT2D eigenvalue weighted by Gasteiger charge is 2.43. The van der Waals surface area contributed by atoms with Crippen LogP contribution in [0.25, 0.3) is 10.9 Å². The number of rotatable bonds is 2. The van der Waals surface area contributed by atoms with Gasteiger partial charge in [-0.25, -0.2) is 9.78 Å². The maximum atomic E-state index is 12.6.